The van der Waals surface area contributed by atoms with Crippen molar-refractivity contribution in [1.82, 2.24) is 9.88 Å². The van der Waals surface area contributed by atoms with Gasteiger partial charge in [0.05, 0.1) is 11.3 Å². The highest BCUT2D eigenvalue weighted by molar-refractivity contribution is 7.18. The number of nitrogens with zero attached hydrogens (tertiary/aromatic N) is 2. The third-order valence-electron chi connectivity index (χ3n) is 4.67. The van der Waals surface area contributed by atoms with Gasteiger partial charge >= 0.3 is 0 Å². The van der Waals surface area contributed by atoms with Crippen LogP contribution in [0.4, 0.5) is 15.9 Å². The summed E-state index contributed by atoms with van der Waals surface area (Å²) in [6.07, 6.45) is 0.922. The van der Waals surface area contributed by atoms with Crippen LogP contribution >= 0.6 is 11.3 Å². The van der Waals surface area contributed by atoms with E-state index in [1.54, 1.807) is 29.5 Å². The molecule has 7 heteroatoms. The van der Waals surface area contributed by atoms with Crippen molar-refractivity contribution in [1.29, 1.82) is 0 Å². The summed E-state index contributed by atoms with van der Waals surface area (Å²) in [5, 5.41) is 3.59. The zero-order chi connectivity index (χ0) is 18.4. The second-order valence-electron chi connectivity index (χ2n) is 6.70. The molecular formula is C19H19FN4OS. The van der Waals surface area contributed by atoms with Crippen molar-refractivity contribution in [3.05, 3.63) is 51.7 Å². The van der Waals surface area contributed by atoms with Crippen molar-refractivity contribution >= 4 is 39.0 Å². The third kappa shape index (κ3) is 2.93. The summed E-state index contributed by atoms with van der Waals surface area (Å²) in [7, 11) is 2.09. The Morgan fingerprint density at radius 3 is 3.00 bits per heavy atom. The second-order valence-corrected chi connectivity index (χ2v) is 7.79. The van der Waals surface area contributed by atoms with Crippen LogP contribution in [0.15, 0.2) is 24.3 Å². The Labute approximate surface area is 154 Å². The Balaban J connectivity index is 1.73. The summed E-state index contributed by atoms with van der Waals surface area (Å²) in [4.78, 5) is 21.5. The molecule has 0 saturated heterocycles. The van der Waals surface area contributed by atoms with Gasteiger partial charge in [-0.2, -0.15) is 0 Å². The zero-order valence-corrected chi connectivity index (χ0v) is 15.4. The number of thiophene rings is 1. The molecule has 1 aromatic carbocycles. The highest BCUT2D eigenvalue weighted by Crippen LogP contribution is 2.35. The summed E-state index contributed by atoms with van der Waals surface area (Å²) in [6, 6.07) is 6.38. The monoisotopic (exact) mass is 370 g/mol. The molecule has 0 fully saturated rings. The van der Waals surface area contributed by atoms with Crippen molar-refractivity contribution in [2.75, 3.05) is 24.6 Å². The van der Waals surface area contributed by atoms with E-state index in [1.807, 2.05) is 6.92 Å². The Kier molecular flexibility index (Phi) is 4.13. The third-order valence-corrected chi connectivity index (χ3v) is 5.80. The largest absolute Gasteiger partial charge is 0.383 e. The van der Waals surface area contributed by atoms with E-state index in [0.717, 1.165) is 35.3 Å². The SMILES string of the molecule is Cc1ccc(F)c(NC(=O)c2cc3c4c(sc3nc2N)CN(C)CC4)c1. The first-order valence-electron chi connectivity index (χ1n) is 8.39. The van der Waals surface area contributed by atoms with Gasteiger partial charge in [-0.1, -0.05) is 6.07 Å². The van der Waals surface area contributed by atoms with Gasteiger partial charge in [-0.3, -0.25) is 4.79 Å². The number of halogens is 1. The summed E-state index contributed by atoms with van der Waals surface area (Å²) >= 11 is 1.62. The van der Waals surface area contributed by atoms with Crippen LogP contribution in [0.5, 0.6) is 0 Å². The van der Waals surface area contributed by atoms with Gasteiger partial charge in [-0.05, 0) is 49.7 Å². The Morgan fingerprint density at radius 2 is 2.19 bits per heavy atom. The van der Waals surface area contributed by atoms with Gasteiger partial charge in [0.1, 0.15) is 16.5 Å². The van der Waals surface area contributed by atoms with Crippen LogP contribution in [0.25, 0.3) is 10.2 Å². The van der Waals surface area contributed by atoms with Gasteiger partial charge in [0, 0.05) is 23.4 Å². The number of anilines is 2. The Hall–Kier alpha value is -2.51. The summed E-state index contributed by atoms with van der Waals surface area (Å²) in [6.45, 7) is 3.69. The number of aryl methyl sites for hydroxylation is 1. The number of hydrogen-bond donors (Lipinski definition) is 2. The number of hydrogen-bond acceptors (Lipinski definition) is 5. The Bertz CT molecular complexity index is 1030. The minimum atomic E-state index is -0.479. The fourth-order valence-electron chi connectivity index (χ4n) is 3.27. The molecule has 1 aliphatic rings. The molecule has 0 radical (unpaired) electrons. The van der Waals surface area contributed by atoms with Gasteiger partial charge < -0.3 is 16.0 Å². The molecule has 26 heavy (non-hydrogen) atoms. The molecule has 3 N–H and O–H groups in total. The molecule has 2 aromatic heterocycles. The lowest BCUT2D eigenvalue weighted by Gasteiger charge is -2.21. The van der Waals surface area contributed by atoms with E-state index in [9.17, 15) is 9.18 Å². The quantitative estimate of drug-likeness (QED) is 0.723. The first kappa shape index (κ1) is 16.9. The van der Waals surface area contributed by atoms with Gasteiger partial charge in [-0.25, -0.2) is 9.37 Å². The molecule has 3 heterocycles. The minimum absolute atomic E-state index is 0.142. The number of benzene rings is 1. The number of carbonyl (C=O) groups excluding carboxylic acids is 1. The van der Waals surface area contributed by atoms with Crippen LogP contribution < -0.4 is 11.1 Å². The number of carbonyl (C=O) groups is 1. The maximum atomic E-state index is 13.9. The van der Waals surface area contributed by atoms with E-state index in [1.165, 1.54) is 16.5 Å². The minimum Gasteiger partial charge on any atom is -0.383 e. The lowest BCUT2D eigenvalue weighted by Crippen LogP contribution is -2.25. The molecule has 1 aliphatic heterocycles. The average molecular weight is 370 g/mol. The van der Waals surface area contributed by atoms with Gasteiger partial charge in [-0.15, -0.1) is 11.3 Å². The topological polar surface area (TPSA) is 71.2 Å². The number of pyridine rings is 1. The lowest BCUT2D eigenvalue weighted by atomic mass is 10.0. The standard InChI is InChI=1S/C19H19FN4OS/c1-10-3-4-14(20)15(7-10)22-18(25)13-8-12-11-5-6-24(2)9-16(11)26-19(12)23-17(13)21/h3-4,7-8H,5-6,9H2,1-2H3,(H2,21,23)(H,22,25). The summed E-state index contributed by atoms with van der Waals surface area (Å²) in [5.41, 5.74) is 8.55. The molecule has 0 unspecified atom stereocenters. The van der Waals surface area contributed by atoms with Gasteiger partial charge in [0.15, 0.2) is 0 Å². The number of nitrogen functional groups attached to an aromatic ring is 1. The number of aromatic nitrogens is 1. The van der Waals surface area contributed by atoms with E-state index >= 15 is 0 Å². The first-order valence-corrected chi connectivity index (χ1v) is 9.21. The number of nitrogens with two attached hydrogens (primary N) is 1. The van der Waals surface area contributed by atoms with E-state index in [0.29, 0.717) is 0 Å². The molecule has 1 amide bonds. The van der Waals surface area contributed by atoms with Crippen molar-refractivity contribution in [3.8, 4) is 0 Å². The maximum Gasteiger partial charge on any atom is 0.259 e. The molecular weight excluding hydrogens is 351 g/mol. The van der Waals surface area contributed by atoms with E-state index in [-0.39, 0.29) is 17.1 Å². The van der Waals surface area contributed by atoms with Crippen molar-refractivity contribution < 1.29 is 9.18 Å². The van der Waals surface area contributed by atoms with Gasteiger partial charge in [0.25, 0.3) is 5.91 Å². The predicted octanol–water partition coefficient (Wildman–Crippen LogP) is 3.57. The fraction of sp³-hybridized carbons (Fsp3) is 0.263. The molecule has 0 atom stereocenters. The van der Waals surface area contributed by atoms with Crippen LogP contribution in [-0.4, -0.2) is 29.4 Å². The highest BCUT2D eigenvalue weighted by atomic mass is 32.1. The lowest BCUT2D eigenvalue weighted by molar-refractivity contribution is 0.102. The molecule has 0 saturated carbocycles. The van der Waals surface area contributed by atoms with Crippen LogP contribution in [0.3, 0.4) is 0 Å². The molecule has 134 valence electrons. The number of rotatable bonds is 2. The number of nitrogens with one attached hydrogen (secondary N) is 1. The molecule has 0 bridgehead atoms. The Morgan fingerprint density at radius 1 is 1.38 bits per heavy atom. The van der Waals surface area contributed by atoms with Crippen molar-refractivity contribution in [2.24, 2.45) is 0 Å². The number of fused-ring (bicyclic) bond motifs is 3. The molecule has 4 rings (SSSR count). The first-order chi connectivity index (χ1) is 12.4. The van der Waals surface area contributed by atoms with Crippen LogP contribution in [0, 0.1) is 12.7 Å². The summed E-state index contributed by atoms with van der Waals surface area (Å²) in [5.74, 6) is -0.767. The number of likely N-dealkylation sites (N-methyl/N-ethyl adjacent to an activating group) is 1. The molecule has 0 aliphatic carbocycles. The van der Waals surface area contributed by atoms with E-state index in [4.69, 9.17) is 5.73 Å². The van der Waals surface area contributed by atoms with E-state index < -0.39 is 11.7 Å². The second kappa shape index (κ2) is 6.34. The average Bonchev–Trinajstić information content (AvgIpc) is 2.93. The zero-order valence-electron chi connectivity index (χ0n) is 14.6. The highest BCUT2D eigenvalue weighted by Gasteiger charge is 2.22. The molecule has 3 aromatic rings. The van der Waals surface area contributed by atoms with Crippen molar-refractivity contribution in [2.45, 2.75) is 19.9 Å². The van der Waals surface area contributed by atoms with Crippen molar-refractivity contribution in [3.63, 3.8) is 0 Å². The molecule has 5 nitrogen and oxygen atoms in total. The van der Waals surface area contributed by atoms with Crippen LogP contribution in [0.1, 0.15) is 26.4 Å². The smallest absolute Gasteiger partial charge is 0.259 e. The maximum absolute atomic E-state index is 13.9. The van der Waals surface area contributed by atoms with Crippen LogP contribution in [-0.2, 0) is 13.0 Å². The van der Waals surface area contributed by atoms with Gasteiger partial charge in [0.2, 0.25) is 0 Å². The normalized spacial score (nSPS) is 14.4. The summed E-state index contributed by atoms with van der Waals surface area (Å²) < 4.78 is 13.9. The molecule has 0 spiro atoms. The number of amides is 1. The fourth-order valence-corrected chi connectivity index (χ4v) is 4.56. The van der Waals surface area contributed by atoms with E-state index in [2.05, 4.69) is 22.2 Å². The predicted molar refractivity (Wildman–Crippen MR) is 103 cm³/mol. The van der Waals surface area contributed by atoms with Crippen LogP contribution in [0.2, 0.25) is 0 Å².